The van der Waals surface area contributed by atoms with Crippen LogP contribution in [-0.2, 0) is 6.54 Å². The Labute approximate surface area is 125 Å². The number of aromatic nitrogens is 2. The van der Waals surface area contributed by atoms with E-state index in [1.165, 1.54) is 12.1 Å². The van der Waals surface area contributed by atoms with Crippen LogP contribution in [-0.4, -0.2) is 26.7 Å². The molecule has 1 aromatic carbocycles. The number of nitrogens with zero attached hydrogens (tertiary/aromatic N) is 2. The Hall–Kier alpha value is -1.96. The van der Waals surface area contributed by atoms with Crippen LogP contribution in [0.15, 0.2) is 48.1 Å². The second kappa shape index (κ2) is 5.81. The molecule has 2 aromatic heterocycles. The van der Waals surface area contributed by atoms with Crippen LogP contribution in [0.2, 0.25) is 0 Å². The number of hydrogen-bond acceptors (Lipinski definition) is 4. The predicted octanol–water partition coefficient (Wildman–Crippen LogP) is 1.48. The van der Waals surface area contributed by atoms with Crippen LogP contribution in [0.5, 0.6) is 0 Å². The van der Waals surface area contributed by atoms with Crippen LogP contribution in [0.1, 0.15) is 5.56 Å². The average Bonchev–Trinajstić information content (AvgIpc) is 3.11. The lowest BCUT2D eigenvalue weighted by atomic mass is 9.79. The van der Waals surface area contributed by atoms with Crippen molar-refractivity contribution < 1.29 is 14.4 Å². The van der Waals surface area contributed by atoms with Crippen LogP contribution >= 0.6 is 11.3 Å². The lowest BCUT2D eigenvalue weighted by molar-refractivity contribution is 0.423. The largest absolute Gasteiger partial charge is 0.491 e. The predicted molar refractivity (Wildman–Crippen MR) is 80.9 cm³/mol. The number of halogens is 1. The van der Waals surface area contributed by atoms with Crippen LogP contribution < -0.4 is 5.46 Å². The maximum Gasteiger partial charge on any atom is 0.491 e. The van der Waals surface area contributed by atoms with Crippen molar-refractivity contribution in [3.8, 4) is 10.7 Å². The van der Waals surface area contributed by atoms with E-state index in [1.54, 1.807) is 23.6 Å². The molecule has 7 heteroatoms. The summed E-state index contributed by atoms with van der Waals surface area (Å²) in [5, 5.41) is 20.3. The SMILES string of the molecule is OB(O)c1cc(Cn2ccnc2-c2cccs2)ccc1F. The van der Waals surface area contributed by atoms with Crippen molar-refractivity contribution in [2.75, 3.05) is 0 Å². The lowest BCUT2D eigenvalue weighted by Crippen LogP contribution is -2.33. The lowest BCUT2D eigenvalue weighted by Gasteiger charge is -2.09. The fourth-order valence-corrected chi connectivity index (χ4v) is 2.89. The van der Waals surface area contributed by atoms with Crippen molar-refractivity contribution in [3.05, 3.63) is 59.5 Å². The fraction of sp³-hybridized carbons (Fsp3) is 0.0714. The smallest absolute Gasteiger partial charge is 0.423 e. The summed E-state index contributed by atoms with van der Waals surface area (Å²) in [5.74, 6) is 0.207. The number of rotatable bonds is 4. The Morgan fingerprint density at radius 1 is 1.29 bits per heavy atom. The molecule has 0 aliphatic heterocycles. The standard InChI is InChI=1S/C14H12BFN2O2S/c16-12-4-3-10(8-11(12)15(19)20)9-18-6-5-17-14(18)13-2-1-7-21-13/h1-8,19-20H,9H2. The molecule has 0 aliphatic carbocycles. The monoisotopic (exact) mass is 302 g/mol. The molecule has 21 heavy (non-hydrogen) atoms. The first-order chi connectivity index (χ1) is 10.1. The molecule has 106 valence electrons. The van der Waals surface area contributed by atoms with E-state index in [0.29, 0.717) is 6.54 Å². The van der Waals surface area contributed by atoms with Crippen LogP contribution in [0.25, 0.3) is 10.7 Å². The van der Waals surface area contributed by atoms with Gasteiger partial charge < -0.3 is 14.6 Å². The van der Waals surface area contributed by atoms with Gasteiger partial charge in [-0.1, -0.05) is 18.2 Å². The number of thiophene rings is 1. The maximum atomic E-state index is 13.5. The molecule has 4 nitrogen and oxygen atoms in total. The fourth-order valence-electron chi connectivity index (χ4n) is 2.15. The van der Waals surface area contributed by atoms with Gasteiger partial charge in [0.2, 0.25) is 0 Å². The third kappa shape index (κ3) is 2.90. The van der Waals surface area contributed by atoms with Crippen molar-refractivity contribution >= 4 is 23.9 Å². The molecule has 0 amide bonds. The Kier molecular flexibility index (Phi) is 3.87. The first kappa shape index (κ1) is 14.0. The van der Waals surface area contributed by atoms with Gasteiger partial charge in [0.05, 0.1) is 4.88 Å². The molecule has 2 heterocycles. The van der Waals surface area contributed by atoms with Gasteiger partial charge in [-0.3, -0.25) is 0 Å². The third-order valence-corrected chi connectivity index (χ3v) is 4.01. The Morgan fingerprint density at radius 2 is 2.14 bits per heavy atom. The van der Waals surface area contributed by atoms with Gasteiger partial charge in [0.25, 0.3) is 0 Å². The van der Waals surface area contributed by atoms with Crippen molar-refractivity contribution in [3.63, 3.8) is 0 Å². The van der Waals surface area contributed by atoms with Gasteiger partial charge in [-0.2, -0.15) is 0 Å². The summed E-state index contributed by atoms with van der Waals surface area (Å²) in [6.07, 6.45) is 3.55. The van der Waals surface area contributed by atoms with E-state index in [4.69, 9.17) is 10.0 Å². The number of benzene rings is 1. The quantitative estimate of drug-likeness (QED) is 0.718. The van der Waals surface area contributed by atoms with Crippen molar-refractivity contribution in [2.45, 2.75) is 6.54 Å². The highest BCUT2D eigenvalue weighted by Gasteiger charge is 2.17. The van der Waals surface area contributed by atoms with Gasteiger partial charge in [0, 0.05) is 24.4 Å². The molecule has 0 unspecified atom stereocenters. The van der Waals surface area contributed by atoms with Gasteiger partial charge in [-0.05, 0) is 23.1 Å². The molecule has 0 saturated heterocycles. The second-order valence-electron chi connectivity index (χ2n) is 4.59. The third-order valence-electron chi connectivity index (χ3n) is 3.15. The summed E-state index contributed by atoms with van der Waals surface area (Å²) in [4.78, 5) is 5.38. The van der Waals surface area contributed by atoms with Gasteiger partial charge >= 0.3 is 7.12 Å². The molecule has 3 rings (SSSR count). The zero-order valence-corrected chi connectivity index (χ0v) is 11.8. The summed E-state index contributed by atoms with van der Waals surface area (Å²) in [6, 6.07) is 8.26. The average molecular weight is 302 g/mol. The molecule has 0 atom stereocenters. The van der Waals surface area contributed by atoms with E-state index in [2.05, 4.69) is 4.98 Å². The minimum atomic E-state index is -1.82. The molecule has 0 radical (unpaired) electrons. The Bertz CT molecular complexity index is 743. The first-order valence-electron chi connectivity index (χ1n) is 6.34. The van der Waals surface area contributed by atoms with E-state index in [1.807, 2.05) is 28.3 Å². The van der Waals surface area contributed by atoms with E-state index >= 15 is 0 Å². The highest BCUT2D eigenvalue weighted by Crippen LogP contribution is 2.23. The van der Waals surface area contributed by atoms with Gasteiger partial charge in [-0.15, -0.1) is 11.3 Å². The Morgan fingerprint density at radius 3 is 2.86 bits per heavy atom. The van der Waals surface area contributed by atoms with E-state index in [0.717, 1.165) is 16.3 Å². The topological polar surface area (TPSA) is 58.3 Å². The van der Waals surface area contributed by atoms with E-state index in [-0.39, 0.29) is 5.46 Å². The maximum absolute atomic E-state index is 13.5. The molecule has 0 fully saturated rings. The highest BCUT2D eigenvalue weighted by molar-refractivity contribution is 7.13. The molecule has 2 N–H and O–H groups in total. The number of imidazole rings is 1. The molecule has 0 saturated carbocycles. The molecule has 0 bridgehead atoms. The van der Waals surface area contributed by atoms with Crippen molar-refractivity contribution in [2.24, 2.45) is 0 Å². The summed E-state index contributed by atoms with van der Waals surface area (Å²) in [6.45, 7) is 0.479. The zero-order valence-electron chi connectivity index (χ0n) is 11.0. The van der Waals surface area contributed by atoms with Gasteiger partial charge in [-0.25, -0.2) is 9.37 Å². The second-order valence-corrected chi connectivity index (χ2v) is 5.53. The van der Waals surface area contributed by atoms with Crippen LogP contribution in [0.3, 0.4) is 0 Å². The minimum absolute atomic E-state index is 0.120. The van der Waals surface area contributed by atoms with Crippen LogP contribution in [0.4, 0.5) is 4.39 Å². The molecule has 0 spiro atoms. The molecule has 0 aliphatic rings. The Balaban J connectivity index is 1.91. The molecule has 3 aromatic rings. The van der Waals surface area contributed by atoms with Crippen LogP contribution in [0, 0.1) is 5.82 Å². The normalized spacial score (nSPS) is 10.8. The van der Waals surface area contributed by atoms with E-state index < -0.39 is 12.9 Å². The summed E-state index contributed by atoms with van der Waals surface area (Å²) in [5.41, 5.74) is 0.653. The van der Waals surface area contributed by atoms with Crippen molar-refractivity contribution in [1.29, 1.82) is 0 Å². The summed E-state index contributed by atoms with van der Waals surface area (Å²) in [7, 11) is -1.82. The van der Waals surface area contributed by atoms with E-state index in [9.17, 15) is 4.39 Å². The number of hydrogen-bond donors (Lipinski definition) is 2. The molecular formula is C14H12BFN2O2S. The van der Waals surface area contributed by atoms with Gasteiger partial charge in [0.1, 0.15) is 11.6 Å². The summed E-state index contributed by atoms with van der Waals surface area (Å²) >= 11 is 1.59. The van der Waals surface area contributed by atoms with Crippen molar-refractivity contribution in [1.82, 2.24) is 9.55 Å². The van der Waals surface area contributed by atoms with Gasteiger partial charge in [0.15, 0.2) is 0 Å². The molecular weight excluding hydrogens is 290 g/mol. The summed E-state index contributed by atoms with van der Waals surface area (Å²) < 4.78 is 15.4. The minimum Gasteiger partial charge on any atom is -0.423 e. The highest BCUT2D eigenvalue weighted by atomic mass is 32.1. The zero-order chi connectivity index (χ0) is 14.8. The first-order valence-corrected chi connectivity index (χ1v) is 7.22.